The minimum Gasteiger partial charge on any atom is -0.508 e. The van der Waals surface area contributed by atoms with Crippen LogP contribution in [0.3, 0.4) is 0 Å². The van der Waals surface area contributed by atoms with Gasteiger partial charge in [-0.15, -0.1) is 0 Å². The Kier molecular flexibility index (Phi) is 4.29. The van der Waals surface area contributed by atoms with E-state index in [0.717, 1.165) is 9.87 Å². The number of nitrogens with zero attached hydrogens (tertiary/aromatic N) is 1. The Morgan fingerprint density at radius 2 is 1.88 bits per heavy atom. The molecule has 0 aliphatic carbocycles. The van der Waals surface area contributed by atoms with Crippen LogP contribution >= 0.6 is 0 Å². The number of carbonyl (C=O) groups excluding carboxylic acids is 1. The topological polar surface area (TPSA) is 83.9 Å². The van der Waals surface area contributed by atoms with Gasteiger partial charge in [0.2, 0.25) is 10.0 Å². The number of methoxy groups -OCH3 is 1. The van der Waals surface area contributed by atoms with Gasteiger partial charge in [-0.3, -0.25) is 4.79 Å². The zero-order valence-corrected chi connectivity index (χ0v) is 13.9. The molecular weight excluding hydrogens is 330 g/mol. The Labute approximate surface area is 140 Å². The second-order valence-electron chi connectivity index (χ2n) is 5.56. The highest BCUT2D eigenvalue weighted by atomic mass is 32.2. The number of fused-ring (bicyclic) bond motifs is 1. The molecule has 0 saturated carbocycles. The normalized spacial score (nSPS) is 18.0. The lowest BCUT2D eigenvalue weighted by molar-refractivity contribution is -0.145. The van der Waals surface area contributed by atoms with Gasteiger partial charge in [0.25, 0.3) is 0 Å². The van der Waals surface area contributed by atoms with Crippen LogP contribution in [0.25, 0.3) is 0 Å². The molecule has 0 spiro atoms. The second-order valence-corrected chi connectivity index (χ2v) is 7.45. The van der Waals surface area contributed by atoms with E-state index in [4.69, 9.17) is 4.74 Å². The van der Waals surface area contributed by atoms with Crippen molar-refractivity contribution in [3.05, 3.63) is 59.7 Å². The number of phenols is 1. The van der Waals surface area contributed by atoms with Crippen LogP contribution in [0, 0.1) is 0 Å². The van der Waals surface area contributed by atoms with Crippen LogP contribution in [0.2, 0.25) is 0 Å². The first-order chi connectivity index (χ1) is 11.4. The van der Waals surface area contributed by atoms with Crippen molar-refractivity contribution >= 4 is 16.0 Å². The van der Waals surface area contributed by atoms with E-state index in [9.17, 15) is 18.3 Å². The lowest BCUT2D eigenvalue weighted by Gasteiger charge is -2.34. The minimum absolute atomic E-state index is 0.000722. The Bertz CT molecular complexity index is 864. The molecule has 7 heteroatoms. The van der Waals surface area contributed by atoms with Crippen molar-refractivity contribution in [1.29, 1.82) is 0 Å². The van der Waals surface area contributed by atoms with Crippen LogP contribution in [-0.2, 0) is 32.5 Å². The van der Waals surface area contributed by atoms with Crippen molar-refractivity contribution in [2.75, 3.05) is 7.11 Å². The van der Waals surface area contributed by atoms with Gasteiger partial charge in [-0.05, 0) is 35.4 Å². The number of hydrogen-bond acceptors (Lipinski definition) is 5. The van der Waals surface area contributed by atoms with Crippen LogP contribution in [0.5, 0.6) is 5.75 Å². The van der Waals surface area contributed by atoms with E-state index in [1.807, 2.05) is 0 Å². The van der Waals surface area contributed by atoms with Crippen molar-refractivity contribution < 1.29 is 23.1 Å². The molecule has 2 aromatic rings. The number of carbonyl (C=O) groups is 1. The SMILES string of the molecule is COC(=O)[C@H]1Cc2ccc(O)cc2CN1S(=O)(=O)c1ccccc1. The summed E-state index contributed by atoms with van der Waals surface area (Å²) in [6.07, 6.45) is 0.203. The van der Waals surface area contributed by atoms with Gasteiger partial charge in [0.15, 0.2) is 0 Å². The number of phenolic OH excluding ortho intramolecular Hbond substituents is 1. The fourth-order valence-corrected chi connectivity index (χ4v) is 4.44. The van der Waals surface area contributed by atoms with Crippen LogP contribution in [0.4, 0.5) is 0 Å². The largest absolute Gasteiger partial charge is 0.508 e. The second kappa shape index (κ2) is 6.26. The molecule has 0 bridgehead atoms. The van der Waals surface area contributed by atoms with Gasteiger partial charge in [0, 0.05) is 13.0 Å². The van der Waals surface area contributed by atoms with Crippen molar-refractivity contribution in [2.24, 2.45) is 0 Å². The number of esters is 1. The summed E-state index contributed by atoms with van der Waals surface area (Å²) in [5, 5.41) is 9.66. The van der Waals surface area contributed by atoms with E-state index >= 15 is 0 Å². The predicted molar refractivity (Wildman–Crippen MR) is 86.8 cm³/mol. The monoisotopic (exact) mass is 347 g/mol. The summed E-state index contributed by atoms with van der Waals surface area (Å²) < 4.78 is 31.9. The van der Waals surface area contributed by atoms with Crippen LogP contribution < -0.4 is 0 Å². The summed E-state index contributed by atoms with van der Waals surface area (Å²) in [7, 11) is -2.63. The predicted octanol–water partition coefficient (Wildman–Crippen LogP) is 1.68. The summed E-state index contributed by atoms with van der Waals surface area (Å²) in [6.45, 7) is 0.000722. The van der Waals surface area contributed by atoms with Crippen LogP contribution in [-0.4, -0.2) is 37.0 Å². The summed E-state index contributed by atoms with van der Waals surface area (Å²) in [5.41, 5.74) is 1.50. The van der Waals surface area contributed by atoms with Crippen molar-refractivity contribution in [2.45, 2.75) is 23.9 Å². The first kappa shape index (κ1) is 16.5. The highest BCUT2D eigenvalue weighted by molar-refractivity contribution is 7.89. The molecule has 1 atom stereocenters. The standard InChI is InChI=1S/C17H17NO5S/c1-23-17(20)16-10-12-7-8-14(19)9-13(12)11-18(16)24(21,22)15-5-3-2-4-6-15/h2-9,16,19H,10-11H2,1H3/t16-/m1/s1. The van der Waals surface area contributed by atoms with Crippen molar-refractivity contribution in [3.8, 4) is 5.75 Å². The third-order valence-corrected chi connectivity index (χ3v) is 5.97. The highest BCUT2D eigenvalue weighted by Gasteiger charge is 2.40. The zero-order chi connectivity index (χ0) is 17.3. The van der Waals surface area contributed by atoms with Gasteiger partial charge in [0.05, 0.1) is 12.0 Å². The molecule has 2 aromatic carbocycles. The smallest absolute Gasteiger partial charge is 0.324 e. The molecule has 0 fully saturated rings. The maximum Gasteiger partial charge on any atom is 0.324 e. The van der Waals surface area contributed by atoms with E-state index in [0.29, 0.717) is 5.56 Å². The van der Waals surface area contributed by atoms with Crippen molar-refractivity contribution in [1.82, 2.24) is 4.31 Å². The third kappa shape index (κ3) is 2.88. The fraction of sp³-hybridized carbons (Fsp3) is 0.235. The summed E-state index contributed by atoms with van der Waals surface area (Å²) in [6, 6.07) is 11.8. The number of aromatic hydroxyl groups is 1. The zero-order valence-electron chi connectivity index (χ0n) is 13.0. The molecule has 1 N–H and O–H groups in total. The molecule has 6 nitrogen and oxygen atoms in total. The summed E-state index contributed by atoms with van der Waals surface area (Å²) >= 11 is 0. The van der Waals surface area contributed by atoms with Gasteiger partial charge in [-0.1, -0.05) is 24.3 Å². The molecule has 1 aliphatic heterocycles. The Hall–Kier alpha value is -2.38. The van der Waals surface area contributed by atoms with E-state index in [-0.39, 0.29) is 23.6 Å². The average molecular weight is 347 g/mol. The Balaban J connectivity index is 2.08. The van der Waals surface area contributed by atoms with Gasteiger partial charge in [-0.25, -0.2) is 8.42 Å². The fourth-order valence-electron chi connectivity index (χ4n) is 2.86. The van der Waals surface area contributed by atoms with Gasteiger partial charge in [0.1, 0.15) is 11.8 Å². The third-order valence-electron chi connectivity index (χ3n) is 4.10. The quantitative estimate of drug-likeness (QED) is 0.854. The highest BCUT2D eigenvalue weighted by Crippen LogP contribution is 2.31. The lowest BCUT2D eigenvalue weighted by Crippen LogP contribution is -2.48. The summed E-state index contributed by atoms with van der Waals surface area (Å²) in [4.78, 5) is 12.3. The Morgan fingerprint density at radius 1 is 1.17 bits per heavy atom. The molecule has 0 aromatic heterocycles. The molecule has 0 amide bonds. The molecule has 3 rings (SSSR count). The molecule has 1 heterocycles. The molecule has 24 heavy (non-hydrogen) atoms. The van der Waals surface area contributed by atoms with Gasteiger partial charge in [-0.2, -0.15) is 4.31 Å². The maximum atomic E-state index is 13.0. The summed E-state index contributed by atoms with van der Waals surface area (Å²) in [5.74, 6) is -0.546. The van der Waals surface area contributed by atoms with E-state index in [1.165, 1.54) is 31.4 Å². The number of sulfonamides is 1. The van der Waals surface area contributed by atoms with Crippen molar-refractivity contribution in [3.63, 3.8) is 0 Å². The molecule has 1 aliphatic rings. The number of hydrogen-bond donors (Lipinski definition) is 1. The van der Waals surface area contributed by atoms with Crippen LogP contribution in [0.1, 0.15) is 11.1 Å². The van der Waals surface area contributed by atoms with E-state index in [2.05, 4.69) is 0 Å². The average Bonchev–Trinajstić information content (AvgIpc) is 2.60. The van der Waals surface area contributed by atoms with Gasteiger partial charge < -0.3 is 9.84 Å². The molecule has 126 valence electrons. The maximum absolute atomic E-state index is 13.0. The van der Waals surface area contributed by atoms with E-state index < -0.39 is 22.0 Å². The van der Waals surface area contributed by atoms with Crippen LogP contribution in [0.15, 0.2) is 53.4 Å². The molecule has 0 saturated heterocycles. The lowest BCUT2D eigenvalue weighted by atomic mass is 9.95. The first-order valence-corrected chi connectivity index (χ1v) is 8.83. The molecule has 0 unspecified atom stereocenters. The molecular formula is C17H17NO5S. The minimum atomic E-state index is -3.87. The van der Waals surface area contributed by atoms with E-state index in [1.54, 1.807) is 24.3 Å². The van der Waals surface area contributed by atoms with Gasteiger partial charge >= 0.3 is 5.97 Å². The number of ether oxygens (including phenoxy) is 1. The first-order valence-electron chi connectivity index (χ1n) is 7.39. The number of rotatable bonds is 3. The Morgan fingerprint density at radius 3 is 2.54 bits per heavy atom. The number of benzene rings is 2. The molecule has 0 radical (unpaired) electrons.